The van der Waals surface area contributed by atoms with Crippen LogP contribution in [-0.4, -0.2) is 58.3 Å². The highest BCUT2D eigenvalue weighted by molar-refractivity contribution is 7.70. The lowest BCUT2D eigenvalue weighted by molar-refractivity contribution is -0.137. The van der Waals surface area contributed by atoms with Crippen molar-refractivity contribution in [1.82, 2.24) is 19.1 Å². The van der Waals surface area contributed by atoms with Crippen LogP contribution in [0.2, 0.25) is 0 Å². The number of benzene rings is 3. The molecule has 1 fully saturated rings. The third-order valence-electron chi connectivity index (χ3n) is 7.18. The molecule has 2 aliphatic rings. The number of aliphatic imine (C=N–C) groups is 1. The smallest absolute Gasteiger partial charge is 0.379 e. The summed E-state index contributed by atoms with van der Waals surface area (Å²) < 4.78 is 73.3. The highest BCUT2D eigenvalue weighted by Gasteiger charge is 2.46. The molecule has 1 saturated heterocycles. The summed E-state index contributed by atoms with van der Waals surface area (Å²) in [4.78, 5) is 5.03. The molecule has 1 atom stereocenters. The molecule has 41 heavy (non-hydrogen) atoms. The standard InChI is InChI=1S/C29H27F4N6OP/c1-20-26-28(39(35-20)23-8-4-3-5-9-23)34-27(21-12-14-22(30)15-13-21)37(2)41(26,38-16-18-40-19-17-38)36-25-11-7-6-10-24(25)29(31,32)33/h3-15H,16-19H2,1-2H3/t41-/m1/s1. The molecule has 3 heterocycles. The van der Waals surface area contributed by atoms with Gasteiger partial charge in [0.1, 0.15) is 11.7 Å². The first kappa shape index (κ1) is 27.4. The molecule has 12 heteroatoms. The number of amidine groups is 1. The topological polar surface area (TPSA) is 58.3 Å². The maximum absolute atomic E-state index is 14.3. The minimum Gasteiger partial charge on any atom is -0.379 e. The van der Waals surface area contributed by atoms with E-state index in [0.717, 1.165) is 11.8 Å². The zero-order chi connectivity index (χ0) is 28.8. The summed E-state index contributed by atoms with van der Waals surface area (Å²) in [5.41, 5.74) is 0.992. The van der Waals surface area contributed by atoms with Gasteiger partial charge in [-0.3, -0.25) is 0 Å². The predicted molar refractivity (Wildman–Crippen MR) is 151 cm³/mol. The summed E-state index contributed by atoms with van der Waals surface area (Å²) in [7, 11) is -1.43. The number of rotatable bonds is 4. The Balaban J connectivity index is 1.73. The Labute approximate surface area is 234 Å². The van der Waals surface area contributed by atoms with E-state index in [2.05, 4.69) is 4.67 Å². The molecule has 0 unspecified atom stereocenters. The van der Waals surface area contributed by atoms with Gasteiger partial charge in [0.25, 0.3) is 0 Å². The Kier molecular flexibility index (Phi) is 7.05. The van der Waals surface area contributed by atoms with E-state index in [-0.39, 0.29) is 5.69 Å². The van der Waals surface area contributed by atoms with Gasteiger partial charge in [-0.1, -0.05) is 30.3 Å². The first-order valence-corrected chi connectivity index (χ1v) is 14.7. The number of alkyl halides is 3. The highest BCUT2D eigenvalue weighted by Crippen LogP contribution is 2.62. The highest BCUT2D eigenvalue weighted by atomic mass is 31.2. The van der Waals surface area contributed by atoms with E-state index in [9.17, 15) is 17.6 Å². The van der Waals surface area contributed by atoms with Crippen molar-refractivity contribution in [2.45, 2.75) is 13.1 Å². The normalized spacial score (nSPS) is 19.6. The van der Waals surface area contributed by atoms with Crippen molar-refractivity contribution in [2.75, 3.05) is 33.4 Å². The molecule has 2 aliphatic heterocycles. The third kappa shape index (κ3) is 4.77. The van der Waals surface area contributed by atoms with Gasteiger partial charge in [0, 0.05) is 25.7 Å². The molecule has 0 spiro atoms. The average Bonchev–Trinajstić information content (AvgIpc) is 3.32. The molecule has 0 aliphatic carbocycles. The van der Waals surface area contributed by atoms with E-state index in [1.807, 2.05) is 41.9 Å². The van der Waals surface area contributed by atoms with Crippen LogP contribution in [0.15, 0.2) is 88.6 Å². The molecular weight excluding hydrogens is 555 g/mol. The van der Waals surface area contributed by atoms with Crippen LogP contribution in [0.25, 0.3) is 5.69 Å². The lowest BCUT2D eigenvalue weighted by atomic mass is 10.2. The monoisotopic (exact) mass is 582 g/mol. The van der Waals surface area contributed by atoms with Crippen molar-refractivity contribution >= 4 is 30.0 Å². The van der Waals surface area contributed by atoms with E-state index < -0.39 is 24.9 Å². The molecule has 4 aromatic rings. The Morgan fingerprint density at radius 3 is 2.24 bits per heavy atom. The summed E-state index contributed by atoms with van der Waals surface area (Å²) in [5, 5.41) is 5.53. The van der Waals surface area contributed by atoms with Crippen molar-refractivity contribution < 1.29 is 22.3 Å². The molecular formula is C29H27F4N6OP. The lowest BCUT2D eigenvalue weighted by Gasteiger charge is -2.46. The number of ether oxygens (including phenoxy) is 1. The summed E-state index contributed by atoms with van der Waals surface area (Å²) in [6.07, 6.45) is -4.61. The van der Waals surface area contributed by atoms with E-state index in [0.29, 0.717) is 54.5 Å². The van der Waals surface area contributed by atoms with Gasteiger partial charge >= 0.3 is 6.18 Å². The Morgan fingerprint density at radius 2 is 1.56 bits per heavy atom. The van der Waals surface area contributed by atoms with Crippen molar-refractivity contribution in [2.24, 2.45) is 9.74 Å². The number of morpholine rings is 1. The number of aryl methyl sites for hydroxylation is 1. The number of hydrogen-bond acceptors (Lipinski definition) is 4. The molecule has 6 rings (SSSR count). The molecule has 1 aromatic heterocycles. The van der Waals surface area contributed by atoms with Crippen LogP contribution < -0.4 is 5.30 Å². The van der Waals surface area contributed by atoms with Crippen LogP contribution in [0, 0.1) is 12.7 Å². The van der Waals surface area contributed by atoms with Gasteiger partial charge in [-0.25, -0.2) is 23.5 Å². The SMILES string of the molecule is Cc1nn(-c2ccccc2)c2c1[P@](=Nc1ccccc1C(F)(F)F)(N1CCOCC1)N(C)C(c1ccc(F)cc1)=N2. The summed E-state index contributed by atoms with van der Waals surface area (Å²) >= 11 is 0. The molecule has 0 saturated carbocycles. The molecule has 7 nitrogen and oxygen atoms in total. The molecule has 0 radical (unpaired) electrons. The fourth-order valence-electron chi connectivity index (χ4n) is 5.31. The minimum atomic E-state index is -4.61. The number of fused-ring (bicyclic) bond motifs is 1. The zero-order valence-corrected chi connectivity index (χ0v) is 23.3. The van der Waals surface area contributed by atoms with E-state index >= 15 is 0 Å². The van der Waals surface area contributed by atoms with Crippen LogP contribution >= 0.6 is 7.36 Å². The second-order valence-electron chi connectivity index (χ2n) is 9.72. The van der Waals surface area contributed by atoms with Gasteiger partial charge in [-0.05, 0) is 55.5 Å². The number of hydrogen-bond donors (Lipinski definition) is 0. The van der Waals surface area contributed by atoms with Crippen LogP contribution in [0.5, 0.6) is 0 Å². The van der Waals surface area contributed by atoms with Crippen molar-refractivity contribution in [1.29, 1.82) is 0 Å². The minimum absolute atomic E-state index is 0.162. The molecule has 212 valence electrons. The Morgan fingerprint density at radius 1 is 0.902 bits per heavy atom. The van der Waals surface area contributed by atoms with Crippen LogP contribution in [0.1, 0.15) is 16.8 Å². The van der Waals surface area contributed by atoms with Crippen LogP contribution in [0.3, 0.4) is 0 Å². The fourth-order valence-corrected chi connectivity index (χ4v) is 9.14. The molecule has 0 N–H and O–H groups in total. The van der Waals surface area contributed by atoms with Gasteiger partial charge in [0.15, 0.2) is 13.2 Å². The number of aromatic nitrogens is 2. The number of nitrogens with zero attached hydrogens (tertiary/aromatic N) is 6. The Bertz CT molecular complexity index is 1660. The second kappa shape index (κ2) is 10.6. The second-order valence-corrected chi connectivity index (χ2v) is 12.7. The quantitative estimate of drug-likeness (QED) is 0.199. The van der Waals surface area contributed by atoms with Gasteiger partial charge in [-0.2, -0.15) is 18.3 Å². The van der Waals surface area contributed by atoms with E-state index in [4.69, 9.17) is 19.6 Å². The molecule has 0 bridgehead atoms. The summed E-state index contributed by atoms with van der Waals surface area (Å²) in [6, 6.07) is 20.7. The van der Waals surface area contributed by atoms with Gasteiger partial charge < -0.3 is 9.41 Å². The van der Waals surface area contributed by atoms with Crippen molar-refractivity contribution in [3.8, 4) is 5.69 Å². The van der Waals surface area contributed by atoms with Crippen LogP contribution in [-0.2, 0) is 10.9 Å². The maximum Gasteiger partial charge on any atom is 0.418 e. The van der Waals surface area contributed by atoms with E-state index in [1.54, 1.807) is 29.9 Å². The predicted octanol–water partition coefficient (Wildman–Crippen LogP) is 6.68. The fraction of sp³-hybridized carbons (Fsp3) is 0.241. The van der Waals surface area contributed by atoms with Crippen LogP contribution in [0.4, 0.5) is 29.1 Å². The maximum atomic E-state index is 14.3. The zero-order valence-electron chi connectivity index (χ0n) is 22.4. The first-order valence-electron chi connectivity index (χ1n) is 13.1. The number of para-hydroxylation sites is 1. The van der Waals surface area contributed by atoms with Crippen molar-refractivity contribution in [3.05, 3.63) is 102 Å². The largest absolute Gasteiger partial charge is 0.418 e. The molecule has 0 amide bonds. The summed E-state index contributed by atoms with van der Waals surface area (Å²) in [5.74, 6) is 0.540. The van der Waals surface area contributed by atoms with Gasteiger partial charge in [0.05, 0.1) is 41.2 Å². The molecule has 3 aromatic carbocycles. The Hall–Kier alpha value is -3.79. The third-order valence-corrected chi connectivity index (χ3v) is 11.0. The lowest BCUT2D eigenvalue weighted by Crippen LogP contribution is -2.45. The number of halogens is 4. The van der Waals surface area contributed by atoms with Crippen molar-refractivity contribution in [3.63, 3.8) is 0 Å². The van der Waals surface area contributed by atoms with E-state index in [1.165, 1.54) is 24.3 Å². The average molecular weight is 583 g/mol. The van der Waals surface area contributed by atoms with Gasteiger partial charge in [0.2, 0.25) is 0 Å². The summed E-state index contributed by atoms with van der Waals surface area (Å²) in [6.45, 7) is 3.53. The first-order chi connectivity index (χ1) is 19.7. The van der Waals surface area contributed by atoms with Gasteiger partial charge in [-0.15, -0.1) is 0 Å².